The predicted molar refractivity (Wildman–Crippen MR) is 98.0 cm³/mol. The molecule has 0 fully saturated rings. The Balaban J connectivity index is 1.76. The Morgan fingerprint density at radius 3 is 2.46 bits per heavy atom. The van der Waals surface area contributed by atoms with Gasteiger partial charge in [-0.25, -0.2) is 13.6 Å². The van der Waals surface area contributed by atoms with Crippen LogP contribution in [0.5, 0.6) is 0 Å². The van der Waals surface area contributed by atoms with Crippen LogP contribution in [0.1, 0.15) is 5.56 Å². The number of carbonyl (C=O) groups excluding carboxylic acids is 1. The summed E-state index contributed by atoms with van der Waals surface area (Å²) in [4.78, 5) is 24.2. The molecule has 0 spiro atoms. The van der Waals surface area contributed by atoms with Crippen LogP contribution in [0.2, 0.25) is 0 Å². The van der Waals surface area contributed by atoms with Gasteiger partial charge in [-0.15, -0.1) is 0 Å². The van der Waals surface area contributed by atoms with Gasteiger partial charge in [0, 0.05) is 11.8 Å². The monoisotopic (exact) mass is 370 g/mol. The van der Waals surface area contributed by atoms with Crippen LogP contribution in [0.15, 0.2) is 75.0 Å². The van der Waals surface area contributed by atoms with Crippen LogP contribution < -0.4 is 15.9 Å². The van der Waals surface area contributed by atoms with Crippen molar-refractivity contribution in [3.63, 3.8) is 0 Å². The summed E-state index contributed by atoms with van der Waals surface area (Å²) in [6.45, 7) is 0. The maximum Gasteiger partial charge on any atom is 0.248 e. The van der Waals surface area contributed by atoms with Crippen molar-refractivity contribution < 1.29 is 17.6 Å². The summed E-state index contributed by atoms with van der Waals surface area (Å²) >= 11 is 0. The van der Waals surface area contributed by atoms with Crippen molar-refractivity contribution in [3.8, 4) is 0 Å². The summed E-state index contributed by atoms with van der Waals surface area (Å²) in [7, 11) is -3.79. The van der Waals surface area contributed by atoms with Crippen LogP contribution >= 0.6 is 0 Å². The van der Waals surface area contributed by atoms with Crippen molar-refractivity contribution in [2.24, 2.45) is 5.14 Å². The summed E-state index contributed by atoms with van der Waals surface area (Å²) in [6, 6.07) is 12.2. The number of nitrogens with one attached hydrogen (secondary N) is 1. The maximum absolute atomic E-state index is 12.3. The molecule has 1 aromatic heterocycles. The molecule has 1 amide bonds. The summed E-state index contributed by atoms with van der Waals surface area (Å²) in [5.41, 5.74) is 0.850. The third-order valence-electron chi connectivity index (χ3n) is 3.57. The molecular weight excluding hydrogens is 356 g/mol. The van der Waals surface area contributed by atoms with Crippen molar-refractivity contribution in [3.05, 3.63) is 76.7 Å². The fourth-order valence-electron chi connectivity index (χ4n) is 2.29. The quantitative estimate of drug-likeness (QED) is 0.682. The average Bonchev–Trinajstić information content (AvgIpc) is 2.61. The van der Waals surface area contributed by atoms with E-state index >= 15 is 0 Å². The standard InChI is InChI=1S/C18H14N2O5S/c19-26(23,24)14-8-6-13(7-9-14)20-17(21)10-5-12-11-25-16-4-2-1-3-15(16)18(12)22/h1-11H,(H,20,21)(H2,19,23,24)/b10-5+. The topological polar surface area (TPSA) is 119 Å². The zero-order valence-electron chi connectivity index (χ0n) is 13.4. The summed E-state index contributed by atoms with van der Waals surface area (Å²) < 4.78 is 27.8. The van der Waals surface area contributed by atoms with Crippen molar-refractivity contribution in [1.82, 2.24) is 0 Å². The van der Waals surface area contributed by atoms with Crippen molar-refractivity contribution in [2.45, 2.75) is 4.90 Å². The highest BCUT2D eigenvalue weighted by Gasteiger charge is 2.08. The molecular formula is C18H14N2O5S. The highest BCUT2D eigenvalue weighted by atomic mass is 32.2. The number of benzene rings is 2. The first-order chi connectivity index (χ1) is 12.3. The van der Waals surface area contributed by atoms with Gasteiger partial charge in [-0.2, -0.15) is 0 Å². The van der Waals surface area contributed by atoms with Gasteiger partial charge in [0.2, 0.25) is 15.9 Å². The van der Waals surface area contributed by atoms with E-state index in [9.17, 15) is 18.0 Å². The normalized spacial score (nSPS) is 11.7. The van der Waals surface area contributed by atoms with Gasteiger partial charge < -0.3 is 9.73 Å². The second kappa shape index (κ2) is 6.95. The number of anilines is 1. The number of primary sulfonamides is 1. The largest absolute Gasteiger partial charge is 0.463 e. The third-order valence-corrected chi connectivity index (χ3v) is 4.50. The Kier molecular flexibility index (Phi) is 4.70. The van der Waals surface area contributed by atoms with Crippen LogP contribution in [0.25, 0.3) is 17.0 Å². The average molecular weight is 370 g/mol. The summed E-state index contributed by atoms with van der Waals surface area (Å²) in [5.74, 6) is -0.485. The first-order valence-electron chi connectivity index (χ1n) is 7.47. The molecule has 8 heteroatoms. The van der Waals surface area contributed by atoms with Gasteiger partial charge in [0.15, 0.2) is 5.43 Å². The van der Waals surface area contributed by atoms with E-state index in [4.69, 9.17) is 9.56 Å². The molecule has 0 aliphatic carbocycles. The second-order valence-electron chi connectivity index (χ2n) is 5.41. The van der Waals surface area contributed by atoms with Gasteiger partial charge in [-0.1, -0.05) is 12.1 Å². The molecule has 7 nitrogen and oxygen atoms in total. The third kappa shape index (κ3) is 3.88. The van der Waals surface area contributed by atoms with E-state index in [0.717, 1.165) is 0 Å². The second-order valence-corrected chi connectivity index (χ2v) is 6.97. The van der Waals surface area contributed by atoms with Gasteiger partial charge in [-0.3, -0.25) is 9.59 Å². The van der Waals surface area contributed by atoms with Crippen molar-refractivity contribution >= 4 is 38.7 Å². The van der Waals surface area contributed by atoms with Gasteiger partial charge in [0.05, 0.1) is 15.8 Å². The summed E-state index contributed by atoms with van der Waals surface area (Å²) in [5, 5.41) is 7.99. The molecule has 0 bridgehead atoms. The van der Waals surface area contributed by atoms with Crippen LogP contribution in [-0.2, 0) is 14.8 Å². The Hall–Kier alpha value is -3.23. The lowest BCUT2D eigenvalue weighted by Gasteiger charge is -2.03. The zero-order chi connectivity index (χ0) is 18.7. The molecule has 1 heterocycles. The molecule has 0 aliphatic heterocycles. The minimum atomic E-state index is -3.79. The van der Waals surface area contributed by atoms with Gasteiger partial charge in [0.1, 0.15) is 11.8 Å². The van der Waals surface area contributed by atoms with Crippen molar-refractivity contribution in [1.29, 1.82) is 0 Å². The summed E-state index contributed by atoms with van der Waals surface area (Å²) in [6.07, 6.45) is 3.83. The SMILES string of the molecule is NS(=O)(=O)c1ccc(NC(=O)/C=C/c2coc3ccccc3c2=O)cc1. The van der Waals surface area contributed by atoms with E-state index in [1.165, 1.54) is 42.7 Å². The number of carbonyl (C=O) groups is 1. The predicted octanol–water partition coefficient (Wildman–Crippen LogP) is 2.09. The Bertz CT molecular complexity index is 1160. The van der Waals surface area contributed by atoms with Crippen LogP contribution in [0.4, 0.5) is 5.69 Å². The van der Waals surface area contributed by atoms with E-state index in [1.54, 1.807) is 24.3 Å². The lowest BCUT2D eigenvalue weighted by atomic mass is 10.1. The number of para-hydroxylation sites is 1. The number of hydrogen-bond donors (Lipinski definition) is 2. The van der Waals surface area contributed by atoms with E-state index < -0.39 is 15.9 Å². The molecule has 0 radical (unpaired) electrons. The maximum atomic E-state index is 12.3. The number of rotatable bonds is 4. The number of amides is 1. The molecule has 0 aliphatic rings. The molecule has 0 unspecified atom stereocenters. The Morgan fingerprint density at radius 2 is 1.77 bits per heavy atom. The fourth-order valence-corrected chi connectivity index (χ4v) is 2.80. The van der Waals surface area contributed by atoms with Crippen LogP contribution in [-0.4, -0.2) is 14.3 Å². The highest BCUT2D eigenvalue weighted by Crippen LogP contribution is 2.13. The van der Waals surface area contributed by atoms with Crippen LogP contribution in [0.3, 0.4) is 0 Å². The molecule has 3 N–H and O–H groups in total. The molecule has 0 atom stereocenters. The van der Waals surface area contributed by atoms with E-state index in [-0.39, 0.29) is 15.9 Å². The van der Waals surface area contributed by atoms with Gasteiger partial charge in [0.25, 0.3) is 0 Å². The Morgan fingerprint density at radius 1 is 1.08 bits per heavy atom. The van der Waals surface area contributed by atoms with Gasteiger partial charge in [-0.05, 0) is 42.5 Å². The number of fused-ring (bicyclic) bond motifs is 1. The molecule has 3 rings (SSSR count). The van der Waals surface area contributed by atoms with Crippen LogP contribution in [0, 0.1) is 0 Å². The smallest absolute Gasteiger partial charge is 0.248 e. The molecule has 3 aromatic rings. The lowest BCUT2D eigenvalue weighted by Crippen LogP contribution is -2.12. The van der Waals surface area contributed by atoms with E-state index in [2.05, 4.69) is 5.32 Å². The van der Waals surface area contributed by atoms with Gasteiger partial charge >= 0.3 is 0 Å². The minimum absolute atomic E-state index is 0.0557. The molecule has 0 saturated heterocycles. The molecule has 0 saturated carbocycles. The molecule has 132 valence electrons. The first kappa shape index (κ1) is 17.6. The van der Waals surface area contributed by atoms with E-state index in [0.29, 0.717) is 16.7 Å². The number of nitrogens with two attached hydrogens (primary N) is 1. The fraction of sp³-hybridized carbons (Fsp3) is 0. The minimum Gasteiger partial charge on any atom is -0.463 e. The highest BCUT2D eigenvalue weighted by molar-refractivity contribution is 7.89. The number of hydrogen-bond acceptors (Lipinski definition) is 5. The molecule has 26 heavy (non-hydrogen) atoms. The van der Waals surface area contributed by atoms with Crippen molar-refractivity contribution in [2.75, 3.05) is 5.32 Å². The lowest BCUT2D eigenvalue weighted by molar-refractivity contribution is -0.111. The number of sulfonamides is 1. The Labute approximate surface area is 148 Å². The van der Waals surface area contributed by atoms with E-state index in [1.807, 2.05) is 0 Å². The molecule has 2 aromatic carbocycles. The zero-order valence-corrected chi connectivity index (χ0v) is 14.2. The first-order valence-corrected chi connectivity index (χ1v) is 9.02.